The summed E-state index contributed by atoms with van der Waals surface area (Å²) in [6, 6.07) is 13.6. The minimum Gasteiger partial charge on any atom is -0.319 e. The zero-order valence-electron chi connectivity index (χ0n) is 13.4. The van der Waals surface area contributed by atoms with Crippen molar-refractivity contribution < 1.29 is 4.79 Å². The molecule has 0 saturated heterocycles. The van der Waals surface area contributed by atoms with Gasteiger partial charge in [0.15, 0.2) is 0 Å². The van der Waals surface area contributed by atoms with E-state index in [2.05, 4.69) is 15.4 Å². The van der Waals surface area contributed by atoms with E-state index in [1.807, 2.05) is 63.2 Å². The van der Waals surface area contributed by atoms with Crippen LogP contribution in [0.2, 0.25) is 0 Å². The van der Waals surface area contributed by atoms with Gasteiger partial charge in [-0.3, -0.25) is 4.79 Å². The van der Waals surface area contributed by atoms with Gasteiger partial charge < -0.3 is 5.32 Å². The van der Waals surface area contributed by atoms with Crippen LogP contribution >= 0.6 is 0 Å². The van der Waals surface area contributed by atoms with Gasteiger partial charge in [-0.15, -0.1) is 5.10 Å². The van der Waals surface area contributed by atoms with Crippen molar-refractivity contribution in [2.24, 2.45) is 0 Å². The molecule has 5 heteroatoms. The number of hydrogen-bond donors (Lipinski definition) is 1. The van der Waals surface area contributed by atoms with Gasteiger partial charge >= 0.3 is 0 Å². The molecule has 1 amide bonds. The Morgan fingerprint density at radius 3 is 2.43 bits per heavy atom. The lowest BCUT2D eigenvalue weighted by molar-refractivity contribution is 0.101. The van der Waals surface area contributed by atoms with Crippen LogP contribution in [0.25, 0.3) is 5.69 Å². The molecule has 0 bridgehead atoms. The van der Waals surface area contributed by atoms with Crippen molar-refractivity contribution >= 4 is 11.6 Å². The first-order valence-corrected chi connectivity index (χ1v) is 7.40. The largest absolute Gasteiger partial charge is 0.319 e. The van der Waals surface area contributed by atoms with Gasteiger partial charge in [0.1, 0.15) is 6.33 Å². The summed E-state index contributed by atoms with van der Waals surface area (Å²) in [6.45, 7) is 6.06. The van der Waals surface area contributed by atoms with Gasteiger partial charge in [0.05, 0.1) is 5.69 Å². The zero-order chi connectivity index (χ0) is 16.4. The fraction of sp³-hybridized carbons (Fsp3) is 0.167. The van der Waals surface area contributed by atoms with E-state index in [9.17, 15) is 4.79 Å². The highest BCUT2D eigenvalue weighted by molar-refractivity contribution is 6.01. The topological polar surface area (TPSA) is 59.8 Å². The minimum absolute atomic E-state index is 0.142. The second kappa shape index (κ2) is 6.04. The minimum atomic E-state index is -0.320. The molecular formula is C18H18N4O. The fourth-order valence-electron chi connectivity index (χ4n) is 2.20. The van der Waals surface area contributed by atoms with Crippen LogP contribution in [0.1, 0.15) is 27.3 Å². The normalized spacial score (nSPS) is 10.6. The number of anilines is 1. The number of benzene rings is 2. The van der Waals surface area contributed by atoms with Gasteiger partial charge in [0.2, 0.25) is 5.82 Å². The number of carbonyl (C=O) groups is 1. The van der Waals surface area contributed by atoms with Crippen LogP contribution < -0.4 is 5.32 Å². The average molecular weight is 306 g/mol. The maximum absolute atomic E-state index is 12.3. The molecular weight excluding hydrogens is 288 g/mol. The number of hydrogen-bond acceptors (Lipinski definition) is 3. The molecule has 0 atom stereocenters. The van der Waals surface area contributed by atoms with Gasteiger partial charge in [-0.25, -0.2) is 9.67 Å². The smallest absolute Gasteiger partial charge is 0.295 e. The Morgan fingerprint density at radius 1 is 1.00 bits per heavy atom. The van der Waals surface area contributed by atoms with Gasteiger partial charge in [0, 0.05) is 5.69 Å². The second-order valence-corrected chi connectivity index (χ2v) is 5.60. The van der Waals surface area contributed by atoms with Crippen LogP contribution in [-0.2, 0) is 0 Å². The maximum Gasteiger partial charge on any atom is 0.295 e. The monoisotopic (exact) mass is 306 g/mol. The number of nitrogens with one attached hydrogen (secondary N) is 1. The van der Waals surface area contributed by atoms with E-state index in [0.717, 1.165) is 16.9 Å². The lowest BCUT2D eigenvalue weighted by Crippen LogP contribution is -2.14. The highest BCUT2D eigenvalue weighted by atomic mass is 16.2. The predicted octanol–water partition coefficient (Wildman–Crippen LogP) is 3.44. The van der Waals surface area contributed by atoms with Crippen molar-refractivity contribution in [3.8, 4) is 5.69 Å². The molecule has 0 aliphatic rings. The molecule has 116 valence electrons. The molecule has 0 spiro atoms. The summed E-state index contributed by atoms with van der Waals surface area (Å²) in [7, 11) is 0. The molecule has 0 aliphatic heterocycles. The third-order valence-electron chi connectivity index (χ3n) is 3.76. The third-order valence-corrected chi connectivity index (χ3v) is 3.76. The van der Waals surface area contributed by atoms with Gasteiger partial charge in [0.25, 0.3) is 5.91 Å². The van der Waals surface area contributed by atoms with Crippen LogP contribution in [0.4, 0.5) is 5.69 Å². The van der Waals surface area contributed by atoms with Crippen molar-refractivity contribution in [2.45, 2.75) is 20.8 Å². The highest BCUT2D eigenvalue weighted by Gasteiger charge is 2.12. The first kappa shape index (κ1) is 15.0. The molecule has 3 aromatic rings. The SMILES string of the molecule is Cc1ccc(-n2cnc(C(=O)Nc3ccc(C)c(C)c3)n2)cc1. The maximum atomic E-state index is 12.3. The molecule has 0 saturated carbocycles. The molecule has 1 aromatic heterocycles. The molecule has 5 nitrogen and oxygen atoms in total. The van der Waals surface area contributed by atoms with Crippen molar-refractivity contribution in [2.75, 3.05) is 5.32 Å². The lowest BCUT2D eigenvalue weighted by Gasteiger charge is -2.05. The zero-order valence-corrected chi connectivity index (χ0v) is 13.4. The number of aromatic nitrogens is 3. The summed E-state index contributed by atoms with van der Waals surface area (Å²) >= 11 is 0. The van der Waals surface area contributed by atoms with E-state index >= 15 is 0 Å². The first-order chi connectivity index (χ1) is 11.0. The molecule has 23 heavy (non-hydrogen) atoms. The molecule has 2 aromatic carbocycles. The number of amides is 1. The number of aryl methyl sites for hydroxylation is 3. The standard InChI is InChI=1S/C18H18N4O/c1-12-4-8-16(9-5-12)22-11-19-17(21-22)18(23)20-15-7-6-13(2)14(3)10-15/h4-11H,1-3H3,(H,20,23). The Balaban J connectivity index is 1.78. The van der Waals surface area contributed by atoms with Gasteiger partial charge in [-0.1, -0.05) is 23.8 Å². The third kappa shape index (κ3) is 3.29. The van der Waals surface area contributed by atoms with E-state index < -0.39 is 0 Å². The van der Waals surface area contributed by atoms with E-state index in [1.54, 1.807) is 11.0 Å². The first-order valence-electron chi connectivity index (χ1n) is 7.40. The van der Waals surface area contributed by atoms with Gasteiger partial charge in [-0.2, -0.15) is 0 Å². The number of rotatable bonds is 3. The fourth-order valence-corrected chi connectivity index (χ4v) is 2.20. The summed E-state index contributed by atoms with van der Waals surface area (Å²) in [6.07, 6.45) is 1.54. The van der Waals surface area contributed by atoms with Crippen LogP contribution in [-0.4, -0.2) is 20.7 Å². The van der Waals surface area contributed by atoms with E-state index in [4.69, 9.17) is 0 Å². The number of carbonyl (C=O) groups excluding carboxylic acids is 1. The second-order valence-electron chi connectivity index (χ2n) is 5.60. The van der Waals surface area contributed by atoms with Crippen LogP contribution in [0.5, 0.6) is 0 Å². The quantitative estimate of drug-likeness (QED) is 0.806. The highest BCUT2D eigenvalue weighted by Crippen LogP contribution is 2.15. The molecule has 0 fully saturated rings. The molecule has 1 heterocycles. The van der Waals surface area contributed by atoms with Crippen LogP contribution in [0.15, 0.2) is 48.8 Å². The Kier molecular flexibility index (Phi) is 3.93. The van der Waals surface area contributed by atoms with Crippen LogP contribution in [0, 0.1) is 20.8 Å². The lowest BCUT2D eigenvalue weighted by atomic mass is 10.1. The van der Waals surface area contributed by atoms with Crippen LogP contribution in [0.3, 0.4) is 0 Å². The Bertz CT molecular complexity index is 850. The molecule has 0 aliphatic carbocycles. The summed E-state index contributed by atoms with van der Waals surface area (Å²) in [5.41, 5.74) is 5.09. The van der Waals surface area contributed by atoms with Crippen molar-refractivity contribution in [3.05, 3.63) is 71.3 Å². The summed E-state index contributed by atoms with van der Waals surface area (Å²) in [5.74, 6) is -0.178. The van der Waals surface area contributed by atoms with E-state index in [1.165, 1.54) is 11.1 Å². The Hall–Kier alpha value is -2.95. The van der Waals surface area contributed by atoms with Crippen molar-refractivity contribution in [3.63, 3.8) is 0 Å². The van der Waals surface area contributed by atoms with E-state index in [0.29, 0.717) is 0 Å². The molecule has 3 rings (SSSR count). The van der Waals surface area contributed by atoms with Crippen molar-refractivity contribution in [1.29, 1.82) is 0 Å². The van der Waals surface area contributed by atoms with Crippen molar-refractivity contribution in [1.82, 2.24) is 14.8 Å². The summed E-state index contributed by atoms with van der Waals surface area (Å²) < 4.78 is 1.59. The average Bonchev–Trinajstić information content (AvgIpc) is 3.02. The summed E-state index contributed by atoms with van der Waals surface area (Å²) in [5, 5.41) is 7.06. The molecule has 0 unspecified atom stereocenters. The Morgan fingerprint density at radius 2 is 1.74 bits per heavy atom. The number of nitrogens with zero attached hydrogens (tertiary/aromatic N) is 3. The summed E-state index contributed by atoms with van der Waals surface area (Å²) in [4.78, 5) is 16.4. The predicted molar refractivity (Wildman–Crippen MR) is 90.0 cm³/mol. The Labute approximate surface area is 135 Å². The molecule has 0 radical (unpaired) electrons. The van der Waals surface area contributed by atoms with Gasteiger partial charge in [-0.05, 0) is 56.2 Å². The molecule has 1 N–H and O–H groups in total. The van der Waals surface area contributed by atoms with E-state index in [-0.39, 0.29) is 11.7 Å².